The molecule has 0 aliphatic rings. The summed E-state index contributed by atoms with van der Waals surface area (Å²) in [5.41, 5.74) is 3.80. The van der Waals surface area contributed by atoms with Crippen LogP contribution in [-0.4, -0.2) is 14.1 Å². The topological polar surface area (TPSA) is 3.24 Å². The van der Waals surface area contributed by atoms with Gasteiger partial charge in [0.2, 0.25) is 0 Å². The number of para-hydroxylation sites is 1. The molecular weight excluding hydrogens is 213 g/mol. The first-order chi connectivity index (χ1) is 7.70. The minimum Gasteiger partial charge on any atom is -0.377 e. The van der Waals surface area contributed by atoms with E-state index in [1.54, 1.807) is 0 Å². The van der Waals surface area contributed by atoms with Crippen molar-refractivity contribution < 1.29 is 0 Å². The van der Waals surface area contributed by atoms with Gasteiger partial charge in [-0.2, -0.15) is 0 Å². The first kappa shape index (κ1) is 11.2. The molecule has 2 heteroatoms. The van der Waals surface area contributed by atoms with E-state index in [0.29, 0.717) is 0 Å². The number of hydrogen-bond acceptors (Lipinski definition) is 1. The van der Waals surface area contributed by atoms with Crippen molar-refractivity contribution in [2.75, 3.05) is 19.0 Å². The van der Waals surface area contributed by atoms with Crippen LogP contribution in [0.4, 0.5) is 5.69 Å². The lowest BCUT2D eigenvalue weighted by molar-refractivity contribution is 1.13. The summed E-state index contributed by atoms with van der Waals surface area (Å²) < 4.78 is 0. The van der Waals surface area contributed by atoms with Gasteiger partial charge >= 0.3 is 0 Å². The summed E-state index contributed by atoms with van der Waals surface area (Å²) in [5.74, 6) is 0. The Morgan fingerprint density at radius 2 is 1.38 bits per heavy atom. The maximum atomic E-state index is 2.80. The number of benzene rings is 2. The average Bonchev–Trinajstić information content (AvgIpc) is 2.29. The van der Waals surface area contributed by atoms with Crippen LogP contribution in [0.25, 0.3) is 11.1 Å². The quantitative estimate of drug-likeness (QED) is 0.716. The Labute approximate surface area is 99.3 Å². The van der Waals surface area contributed by atoms with Gasteiger partial charge in [-0.15, -0.1) is 9.24 Å². The second-order valence-corrected chi connectivity index (χ2v) is 4.62. The monoisotopic (exact) mass is 229 g/mol. The van der Waals surface area contributed by atoms with Crippen LogP contribution in [0.15, 0.2) is 48.5 Å². The highest BCUT2D eigenvalue weighted by atomic mass is 31.0. The summed E-state index contributed by atoms with van der Waals surface area (Å²) in [6.45, 7) is 0. The summed E-state index contributed by atoms with van der Waals surface area (Å²) in [6, 6.07) is 16.9. The van der Waals surface area contributed by atoms with Crippen LogP contribution in [0, 0.1) is 0 Å². The molecule has 0 fully saturated rings. The van der Waals surface area contributed by atoms with Crippen LogP contribution in [0.1, 0.15) is 0 Å². The zero-order valence-corrected chi connectivity index (χ0v) is 10.8. The predicted molar refractivity (Wildman–Crippen MR) is 75.5 cm³/mol. The fraction of sp³-hybridized carbons (Fsp3) is 0.143. The van der Waals surface area contributed by atoms with Crippen molar-refractivity contribution in [2.45, 2.75) is 0 Å². The zero-order chi connectivity index (χ0) is 11.5. The molecule has 82 valence electrons. The van der Waals surface area contributed by atoms with Crippen molar-refractivity contribution >= 4 is 20.2 Å². The third-order valence-electron chi connectivity index (χ3n) is 2.64. The lowest BCUT2D eigenvalue weighted by Crippen LogP contribution is -2.10. The molecule has 0 amide bonds. The van der Waals surface area contributed by atoms with Crippen LogP contribution in [0.5, 0.6) is 0 Å². The Morgan fingerprint density at radius 1 is 0.812 bits per heavy atom. The fourth-order valence-electron chi connectivity index (χ4n) is 1.83. The van der Waals surface area contributed by atoms with E-state index in [1.807, 2.05) is 0 Å². The SMILES string of the molecule is CN(C)c1ccccc1-c1ccccc1P. The number of rotatable bonds is 2. The number of hydrogen-bond donors (Lipinski definition) is 0. The lowest BCUT2D eigenvalue weighted by Gasteiger charge is -2.18. The Hall–Kier alpha value is -1.33. The van der Waals surface area contributed by atoms with Crippen molar-refractivity contribution in [1.82, 2.24) is 0 Å². The van der Waals surface area contributed by atoms with Crippen LogP contribution in [0.3, 0.4) is 0 Å². The molecule has 0 N–H and O–H groups in total. The summed E-state index contributed by atoms with van der Waals surface area (Å²) in [6.07, 6.45) is 0. The third-order valence-corrected chi connectivity index (χ3v) is 3.14. The van der Waals surface area contributed by atoms with E-state index in [9.17, 15) is 0 Å². The predicted octanol–water partition coefficient (Wildman–Crippen LogP) is 2.92. The second-order valence-electron chi connectivity index (χ2n) is 4.00. The molecule has 0 radical (unpaired) electrons. The maximum absolute atomic E-state index is 2.80. The van der Waals surface area contributed by atoms with Gasteiger partial charge < -0.3 is 4.90 Å². The third kappa shape index (κ3) is 2.10. The summed E-state index contributed by atoms with van der Waals surface area (Å²) in [4.78, 5) is 2.15. The van der Waals surface area contributed by atoms with Gasteiger partial charge in [0.25, 0.3) is 0 Å². The molecule has 1 unspecified atom stereocenters. The summed E-state index contributed by atoms with van der Waals surface area (Å²) >= 11 is 0. The van der Waals surface area contributed by atoms with Gasteiger partial charge in [-0.05, 0) is 16.9 Å². The molecule has 16 heavy (non-hydrogen) atoms. The molecule has 1 atom stereocenters. The van der Waals surface area contributed by atoms with Gasteiger partial charge in [0.15, 0.2) is 0 Å². The molecule has 0 saturated heterocycles. The lowest BCUT2D eigenvalue weighted by atomic mass is 10.0. The van der Waals surface area contributed by atoms with Gasteiger partial charge in [-0.25, -0.2) is 0 Å². The average molecular weight is 229 g/mol. The van der Waals surface area contributed by atoms with Crippen molar-refractivity contribution in [3.8, 4) is 11.1 Å². The molecule has 0 bridgehead atoms. The van der Waals surface area contributed by atoms with Crippen molar-refractivity contribution in [1.29, 1.82) is 0 Å². The first-order valence-corrected chi connectivity index (χ1v) is 5.89. The Balaban J connectivity index is 2.60. The second kappa shape index (κ2) is 4.67. The highest BCUT2D eigenvalue weighted by Crippen LogP contribution is 2.28. The van der Waals surface area contributed by atoms with Crippen molar-refractivity contribution in [3.05, 3.63) is 48.5 Å². The number of anilines is 1. The minimum atomic E-state index is 1.23. The standard InChI is InChI=1S/C14H16NP/c1-15(2)13-9-5-3-7-11(13)12-8-4-6-10-14(12)16/h3-10H,16H2,1-2H3. The molecule has 0 aromatic heterocycles. The molecule has 0 spiro atoms. The van der Waals surface area contributed by atoms with Gasteiger partial charge in [-0.1, -0.05) is 42.5 Å². The Kier molecular flexibility index (Phi) is 3.26. The van der Waals surface area contributed by atoms with Gasteiger partial charge in [0.05, 0.1) is 0 Å². The summed E-state index contributed by atoms with van der Waals surface area (Å²) in [5, 5.41) is 1.23. The Morgan fingerprint density at radius 3 is 2.00 bits per heavy atom. The molecule has 2 rings (SSSR count). The highest BCUT2D eigenvalue weighted by Gasteiger charge is 2.07. The molecule has 2 aromatic carbocycles. The van der Waals surface area contributed by atoms with E-state index in [0.717, 1.165) is 0 Å². The van der Waals surface area contributed by atoms with Crippen LogP contribution < -0.4 is 10.2 Å². The molecule has 0 saturated carbocycles. The van der Waals surface area contributed by atoms with Crippen LogP contribution in [-0.2, 0) is 0 Å². The highest BCUT2D eigenvalue weighted by molar-refractivity contribution is 7.28. The minimum absolute atomic E-state index is 1.23. The zero-order valence-electron chi connectivity index (χ0n) is 9.64. The van der Waals surface area contributed by atoms with Crippen LogP contribution in [0.2, 0.25) is 0 Å². The molecule has 0 aliphatic carbocycles. The van der Waals surface area contributed by atoms with E-state index < -0.39 is 0 Å². The van der Waals surface area contributed by atoms with Crippen molar-refractivity contribution in [2.24, 2.45) is 0 Å². The molecule has 0 heterocycles. The van der Waals surface area contributed by atoms with Crippen LogP contribution >= 0.6 is 9.24 Å². The largest absolute Gasteiger partial charge is 0.377 e. The van der Waals surface area contributed by atoms with E-state index >= 15 is 0 Å². The van der Waals surface area contributed by atoms with E-state index in [1.165, 1.54) is 22.1 Å². The molecule has 2 aromatic rings. The Bertz CT molecular complexity index is 492. The summed E-state index contributed by atoms with van der Waals surface area (Å²) in [7, 11) is 6.94. The van der Waals surface area contributed by atoms with Gasteiger partial charge in [0, 0.05) is 25.3 Å². The van der Waals surface area contributed by atoms with E-state index in [2.05, 4.69) is 76.8 Å². The smallest absolute Gasteiger partial charge is 0.0440 e. The van der Waals surface area contributed by atoms with Gasteiger partial charge in [-0.3, -0.25) is 0 Å². The fourth-order valence-corrected chi connectivity index (χ4v) is 2.20. The normalized spacial score (nSPS) is 10.2. The molecular formula is C14H16NP. The van der Waals surface area contributed by atoms with Crippen molar-refractivity contribution in [3.63, 3.8) is 0 Å². The molecule has 0 aliphatic heterocycles. The van der Waals surface area contributed by atoms with E-state index in [4.69, 9.17) is 0 Å². The molecule has 1 nitrogen and oxygen atoms in total. The van der Waals surface area contributed by atoms with Gasteiger partial charge in [0.1, 0.15) is 0 Å². The first-order valence-electron chi connectivity index (χ1n) is 5.31. The maximum Gasteiger partial charge on any atom is 0.0440 e. The number of nitrogens with zero attached hydrogens (tertiary/aromatic N) is 1. The van der Waals surface area contributed by atoms with E-state index in [-0.39, 0.29) is 0 Å².